The summed E-state index contributed by atoms with van der Waals surface area (Å²) < 4.78 is 0. The van der Waals surface area contributed by atoms with Crippen LogP contribution in [0.3, 0.4) is 0 Å². The van der Waals surface area contributed by atoms with Gasteiger partial charge >= 0.3 is 0 Å². The van der Waals surface area contributed by atoms with Crippen LogP contribution in [-0.2, 0) is 12.8 Å². The maximum absolute atomic E-state index is 13.0. The van der Waals surface area contributed by atoms with Crippen molar-refractivity contribution < 1.29 is 4.79 Å². The number of aryl methyl sites for hydroxylation is 3. The van der Waals surface area contributed by atoms with Crippen molar-refractivity contribution >= 4 is 5.91 Å². The zero-order valence-electron chi connectivity index (χ0n) is 15.9. The van der Waals surface area contributed by atoms with Crippen molar-refractivity contribution in [2.75, 3.05) is 13.1 Å². The SMILES string of the molecule is CCCc1ncncc1C(=O)N1CCC[C@H](CCc2ccccc2C)C1. The average Bonchev–Trinajstić information content (AvgIpc) is 2.68. The highest BCUT2D eigenvalue weighted by molar-refractivity contribution is 5.95. The van der Waals surface area contributed by atoms with E-state index in [0.717, 1.165) is 50.9 Å². The number of amides is 1. The molecule has 2 heterocycles. The molecule has 1 aliphatic rings. The molecule has 26 heavy (non-hydrogen) atoms. The topological polar surface area (TPSA) is 46.1 Å². The van der Waals surface area contributed by atoms with E-state index in [1.807, 2.05) is 4.90 Å². The van der Waals surface area contributed by atoms with Crippen molar-refractivity contribution in [1.29, 1.82) is 0 Å². The first kappa shape index (κ1) is 18.6. The number of benzene rings is 1. The molecular weight excluding hydrogens is 322 g/mol. The molecule has 0 saturated carbocycles. The third-order valence-corrected chi connectivity index (χ3v) is 5.40. The lowest BCUT2D eigenvalue weighted by molar-refractivity contribution is 0.0666. The van der Waals surface area contributed by atoms with E-state index in [9.17, 15) is 4.79 Å². The van der Waals surface area contributed by atoms with E-state index >= 15 is 0 Å². The molecule has 138 valence electrons. The van der Waals surface area contributed by atoms with Crippen LogP contribution in [0.1, 0.15) is 59.8 Å². The molecule has 4 heteroatoms. The quantitative estimate of drug-likeness (QED) is 0.783. The maximum atomic E-state index is 13.0. The van der Waals surface area contributed by atoms with Crippen molar-refractivity contribution in [2.24, 2.45) is 5.92 Å². The Kier molecular flexibility index (Phi) is 6.37. The summed E-state index contributed by atoms with van der Waals surface area (Å²) in [5.74, 6) is 0.682. The third-order valence-electron chi connectivity index (χ3n) is 5.40. The van der Waals surface area contributed by atoms with Crippen LogP contribution < -0.4 is 0 Å². The molecule has 1 amide bonds. The van der Waals surface area contributed by atoms with Crippen LogP contribution in [0.25, 0.3) is 0 Å². The fraction of sp³-hybridized carbons (Fsp3) is 0.500. The molecule has 0 radical (unpaired) electrons. The van der Waals surface area contributed by atoms with E-state index in [0.29, 0.717) is 11.5 Å². The predicted octanol–water partition coefficient (Wildman–Crippen LogP) is 4.22. The van der Waals surface area contributed by atoms with Crippen molar-refractivity contribution in [3.63, 3.8) is 0 Å². The van der Waals surface area contributed by atoms with Gasteiger partial charge in [-0.05, 0) is 56.1 Å². The highest BCUT2D eigenvalue weighted by atomic mass is 16.2. The van der Waals surface area contributed by atoms with Gasteiger partial charge in [-0.1, -0.05) is 37.6 Å². The molecule has 4 nitrogen and oxygen atoms in total. The fourth-order valence-electron chi connectivity index (χ4n) is 3.88. The number of piperidine rings is 1. The third kappa shape index (κ3) is 4.48. The second-order valence-corrected chi connectivity index (χ2v) is 7.36. The van der Waals surface area contributed by atoms with Crippen molar-refractivity contribution in [1.82, 2.24) is 14.9 Å². The van der Waals surface area contributed by atoms with Gasteiger partial charge in [0, 0.05) is 19.3 Å². The molecule has 0 bridgehead atoms. The lowest BCUT2D eigenvalue weighted by atomic mass is 9.90. The minimum atomic E-state index is 0.106. The molecular formula is C22H29N3O. The summed E-state index contributed by atoms with van der Waals surface area (Å²) >= 11 is 0. The van der Waals surface area contributed by atoms with E-state index in [1.54, 1.807) is 12.5 Å². The van der Waals surface area contributed by atoms with Gasteiger partial charge in [-0.25, -0.2) is 9.97 Å². The Bertz CT molecular complexity index is 744. The van der Waals surface area contributed by atoms with E-state index in [2.05, 4.69) is 48.1 Å². The number of carbonyl (C=O) groups excluding carboxylic acids is 1. The minimum absolute atomic E-state index is 0.106. The lowest BCUT2D eigenvalue weighted by Crippen LogP contribution is -2.40. The zero-order chi connectivity index (χ0) is 18.4. The molecule has 0 N–H and O–H groups in total. The highest BCUT2D eigenvalue weighted by Gasteiger charge is 2.26. The molecule has 0 spiro atoms. The molecule has 3 rings (SSSR count). The first-order chi connectivity index (χ1) is 12.7. The Morgan fingerprint density at radius 2 is 2.12 bits per heavy atom. The van der Waals surface area contributed by atoms with Crippen LogP contribution in [0.4, 0.5) is 0 Å². The minimum Gasteiger partial charge on any atom is -0.338 e. The molecule has 1 aromatic heterocycles. The molecule has 2 aromatic rings. The smallest absolute Gasteiger partial charge is 0.257 e. The van der Waals surface area contributed by atoms with Crippen LogP contribution in [0.5, 0.6) is 0 Å². The van der Waals surface area contributed by atoms with Gasteiger partial charge in [0.1, 0.15) is 6.33 Å². The monoisotopic (exact) mass is 351 g/mol. The summed E-state index contributed by atoms with van der Waals surface area (Å²) in [5.41, 5.74) is 4.36. The Hall–Kier alpha value is -2.23. The Balaban J connectivity index is 1.63. The largest absolute Gasteiger partial charge is 0.338 e. The predicted molar refractivity (Wildman–Crippen MR) is 104 cm³/mol. The van der Waals surface area contributed by atoms with Gasteiger partial charge in [-0.2, -0.15) is 0 Å². The molecule has 1 saturated heterocycles. The number of hydrogen-bond acceptors (Lipinski definition) is 3. The molecule has 1 aromatic carbocycles. The number of likely N-dealkylation sites (tertiary alicyclic amines) is 1. The molecule has 1 atom stereocenters. The molecule has 1 aliphatic heterocycles. The van der Waals surface area contributed by atoms with Crippen molar-refractivity contribution in [3.05, 3.63) is 59.2 Å². The van der Waals surface area contributed by atoms with Gasteiger partial charge in [0.15, 0.2) is 0 Å². The molecule has 0 unspecified atom stereocenters. The highest BCUT2D eigenvalue weighted by Crippen LogP contribution is 2.24. The summed E-state index contributed by atoms with van der Waals surface area (Å²) in [5, 5.41) is 0. The van der Waals surface area contributed by atoms with Gasteiger partial charge in [-0.3, -0.25) is 4.79 Å². The normalized spacial score (nSPS) is 17.3. The van der Waals surface area contributed by atoms with Gasteiger partial charge in [0.05, 0.1) is 11.3 Å². The van der Waals surface area contributed by atoms with Crippen LogP contribution >= 0.6 is 0 Å². The first-order valence-electron chi connectivity index (χ1n) is 9.81. The van der Waals surface area contributed by atoms with E-state index < -0.39 is 0 Å². The van der Waals surface area contributed by atoms with Crippen LogP contribution in [0.2, 0.25) is 0 Å². The Morgan fingerprint density at radius 1 is 1.27 bits per heavy atom. The van der Waals surface area contributed by atoms with Crippen molar-refractivity contribution in [2.45, 2.75) is 52.4 Å². The maximum Gasteiger partial charge on any atom is 0.257 e. The summed E-state index contributed by atoms with van der Waals surface area (Å²) in [4.78, 5) is 23.5. The fourth-order valence-corrected chi connectivity index (χ4v) is 3.88. The van der Waals surface area contributed by atoms with E-state index in [4.69, 9.17) is 0 Å². The second kappa shape index (κ2) is 8.93. The number of carbonyl (C=O) groups is 1. The average molecular weight is 351 g/mol. The van der Waals surface area contributed by atoms with Crippen LogP contribution in [0.15, 0.2) is 36.8 Å². The van der Waals surface area contributed by atoms with Crippen LogP contribution in [0, 0.1) is 12.8 Å². The second-order valence-electron chi connectivity index (χ2n) is 7.36. The van der Waals surface area contributed by atoms with Crippen molar-refractivity contribution in [3.8, 4) is 0 Å². The summed E-state index contributed by atoms with van der Waals surface area (Å²) in [7, 11) is 0. The number of rotatable bonds is 6. The number of aromatic nitrogens is 2. The summed E-state index contributed by atoms with van der Waals surface area (Å²) in [6.07, 6.45) is 9.57. The van der Waals surface area contributed by atoms with Gasteiger partial charge in [0.25, 0.3) is 5.91 Å². The molecule has 1 fully saturated rings. The number of nitrogens with zero attached hydrogens (tertiary/aromatic N) is 3. The van der Waals surface area contributed by atoms with E-state index in [1.165, 1.54) is 17.5 Å². The Morgan fingerprint density at radius 3 is 2.92 bits per heavy atom. The lowest BCUT2D eigenvalue weighted by Gasteiger charge is -2.33. The summed E-state index contributed by atoms with van der Waals surface area (Å²) in [6.45, 7) is 5.99. The zero-order valence-corrected chi connectivity index (χ0v) is 15.9. The van der Waals surface area contributed by atoms with Gasteiger partial charge in [0.2, 0.25) is 0 Å². The molecule has 0 aliphatic carbocycles. The standard InChI is InChI=1S/C22H29N3O/c1-3-7-21-20(14-23-16-24-21)22(26)25-13-6-9-18(15-25)11-12-19-10-5-4-8-17(19)2/h4-5,8,10,14,16,18H,3,6-7,9,11-13,15H2,1-2H3/t18-/m1/s1. The van der Waals surface area contributed by atoms with Crippen LogP contribution in [-0.4, -0.2) is 33.9 Å². The first-order valence-corrected chi connectivity index (χ1v) is 9.81. The van der Waals surface area contributed by atoms with Gasteiger partial charge < -0.3 is 4.90 Å². The Labute approximate surface area is 156 Å². The summed E-state index contributed by atoms with van der Waals surface area (Å²) in [6, 6.07) is 8.61. The van der Waals surface area contributed by atoms with Gasteiger partial charge in [-0.15, -0.1) is 0 Å². The number of hydrogen-bond donors (Lipinski definition) is 0. The van der Waals surface area contributed by atoms with E-state index in [-0.39, 0.29) is 5.91 Å².